The van der Waals surface area contributed by atoms with E-state index in [0.29, 0.717) is 23.9 Å². The van der Waals surface area contributed by atoms with Crippen molar-refractivity contribution in [3.05, 3.63) is 12.0 Å². The predicted octanol–water partition coefficient (Wildman–Crippen LogP) is 1.16. The summed E-state index contributed by atoms with van der Waals surface area (Å²) in [6, 6.07) is 0. The standard InChI is InChI=1S/C10H17N3O3S2/c1-3-13-8-10(11-9(13)2)18(15,16)12-17(14)6-4-5-7-17/h8H,3-7H2,1-2H3. The van der Waals surface area contributed by atoms with Crippen LogP contribution in [0.15, 0.2) is 15.0 Å². The number of aryl methyl sites for hydroxylation is 2. The van der Waals surface area contributed by atoms with Crippen LogP contribution in [-0.2, 0) is 26.3 Å². The normalized spacial score (nSPS) is 19.0. The van der Waals surface area contributed by atoms with Crippen LogP contribution in [0.2, 0.25) is 0 Å². The van der Waals surface area contributed by atoms with Gasteiger partial charge in [-0.05, 0) is 26.7 Å². The lowest BCUT2D eigenvalue weighted by Gasteiger charge is -1.99. The van der Waals surface area contributed by atoms with Gasteiger partial charge in [0.2, 0.25) is 0 Å². The molecule has 0 bridgehead atoms. The molecule has 2 rings (SSSR count). The van der Waals surface area contributed by atoms with Gasteiger partial charge in [-0.3, -0.25) is 0 Å². The molecule has 8 heteroatoms. The van der Waals surface area contributed by atoms with Crippen molar-refractivity contribution in [2.24, 2.45) is 3.77 Å². The molecule has 1 saturated heterocycles. The van der Waals surface area contributed by atoms with E-state index in [-0.39, 0.29) is 5.03 Å². The fourth-order valence-corrected chi connectivity index (χ4v) is 6.33. The molecule has 1 fully saturated rings. The molecule has 0 N–H and O–H groups in total. The topological polar surface area (TPSA) is 81.4 Å². The largest absolute Gasteiger partial charge is 0.334 e. The first kappa shape index (κ1) is 13.5. The van der Waals surface area contributed by atoms with Crippen molar-refractivity contribution in [1.29, 1.82) is 0 Å². The lowest BCUT2D eigenvalue weighted by molar-refractivity contribution is 0.594. The van der Waals surface area contributed by atoms with E-state index in [2.05, 4.69) is 8.75 Å². The lowest BCUT2D eigenvalue weighted by atomic mass is 10.4. The van der Waals surface area contributed by atoms with Crippen LogP contribution in [0, 0.1) is 6.92 Å². The third kappa shape index (κ3) is 2.59. The molecule has 1 aliphatic heterocycles. The first-order chi connectivity index (χ1) is 8.36. The Morgan fingerprint density at radius 2 is 2.06 bits per heavy atom. The van der Waals surface area contributed by atoms with Gasteiger partial charge in [-0.25, -0.2) is 9.19 Å². The van der Waals surface area contributed by atoms with Crippen LogP contribution in [0.25, 0.3) is 0 Å². The summed E-state index contributed by atoms with van der Waals surface area (Å²) in [6.45, 7) is 4.28. The van der Waals surface area contributed by atoms with E-state index in [9.17, 15) is 12.6 Å². The van der Waals surface area contributed by atoms with Crippen LogP contribution in [0.4, 0.5) is 0 Å². The average molecular weight is 291 g/mol. The van der Waals surface area contributed by atoms with Crippen molar-refractivity contribution in [2.75, 3.05) is 11.5 Å². The Labute approximate surface area is 108 Å². The lowest BCUT2D eigenvalue weighted by Crippen LogP contribution is -2.07. The molecule has 1 aromatic rings. The molecular formula is C10H17N3O3S2. The van der Waals surface area contributed by atoms with Crippen molar-refractivity contribution < 1.29 is 12.6 Å². The molecule has 1 aliphatic rings. The number of imidazole rings is 1. The molecule has 0 aliphatic carbocycles. The molecule has 18 heavy (non-hydrogen) atoms. The van der Waals surface area contributed by atoms with Gasteiger partial charge in [0.15, 0.2) is 5.03 Å². The van der Waals surface area contributed by atoms with Crippen LogP contribution in [0.5, 0.6) is 0 Å². The highest BCUT2D eigenvalue weighted by Crippen LogP contribution is 2.19. The average Bonchev–Trinajstić information content (AvgIpc) is 2.84. The minimum absolute atomic E-state index is 0.100. The van der Waals surface area contributed by atoms with E-state index in [1.807, 2.05) is 6.92 Å². The Morgan fingerprint density at radius 1 is 1.44 bits per heavy atom. The van der Waals surface area contributed by atoms with E-state index in [1.54, 1.807) is 11.5 Å². The van der Waals surface area contributed by atoms with Gasteiger partial charge in [0, 0.05) is 24.2 Å². The smallest absolute Gasteiger partial charge is 0.309 e. The zero-order valence-electron chi connectivity index (χ0n) is 10.5. The van der Waals surface area contributed by atoms with Gasteiger partial charge < -0.3 is 4.57 Å². The summed E-state index contributed by atoms with van der Waals surface area (Å²) >= 11 is 0. The molecule has 0 spiro atoms. The highest BCUT2D eigenvalue weighted by atomic mass is 32.3. The maximum atomic E-state index is 12.2. The van der Waals surface area contributed by atoms with E-state index in [1.165, 1.54) is 6.20 Å². The highest BCUT2D eigenvalue weighted by Gasteiger charge is 2.24. The van der Waals surface area contributed by atoms with E-state index in [0.717, 1.165) is 12.8 Å². The zero-order chi connectivity index (χ0) is 13.4. The fraction of sp³-hybridized carbons (Fsp3) is 0.700. The molecule has 0 saturated carbocycles. The van der Waals surface area contributed by atoms with Gasteiger partial charge in [-0.1, -0.05) is 0 Å². The minimum atomic E-state index is -3.90. The maximum Gasteiger partial charge on any atom is 0.309 e. The second kappa shape index (κ2) is 4.65. The second-order valence-electron chi connectivity index (χ2n) is 4.35. The molecular weight excluding hydrogens is 274 g/mol. The molecule has 0 aromatic carbocycles. The Balaban J connectivity index is 2.46. The number of nitrogens with zero attached hydrogens (tertiary/aromatic N) is 3. The van der Waals surface area contributed by atoms with Crippen LogP contribution >= 0.6 is 0 Å². The first-order valence-corrected chi connectivity index (χ1v) is 9.18. The molecule has 0 radical (unpaired) electrons. The van der Waals surface area contributed by atoms with Gasteiger partial charge >= 0.3 is 10.0 Å². The van der Waals surface area contributed by atoms with E-state index in [4.69, 9.17) is 0 Å². The summed E-state index contributed by atoms with van der Waals surface area (Å²) in [4.78, 5) is 3.98. The zero-order valence-corrected chi connectivity index (χ0v) is 12.1. The Morgan fingerprint density at radius 3 is 2.56 bits per heavy atom. The number of hydrogen-bond acceptors (Lipinski definition) is 4. The number of aromatic nitrogens is 2. The van der Waals surface area contributed by atoms with Gasteiger partial charge in [-0.2, -0.15) is 8.42 Å². The van der Waals surface area contributed by atoms with Crippen LogP contribution in [0.1, 0.15) is 25.6 Å². The van der Waals surface area contributed by atoms with Crippen molar-refractivity contribution in [2.45, 2.75) is 38.3 Å². The van der Waals surface area contributed by atoms with E-state index < -0.39 is 19.8 Å². The summed E-state index contributed by atoms with van der Waals surface area (Å²) in [5.74, 6) is 1.37. The number of rotatable bonds is 3. The fourth-order valence-electron chi connectivity index (χ4n) is 1.97. The van der Waals surface area contributed by atoms with Gasteiger partial charge in [0.25, 0.3) is 0 Å². The minimum Gasteiger partial charge on any atom is -0.334 e. The molecule has 2 heterocycles. The molecule has 6 nitrogen and oxygen atoms in total. The molecule has 1 aromatic heterocycles. The SMILES string of the molecule is CCn1cc(S(=O)(=O)N=S2(=O)CCCC2)nc1C. The van der Waals surface area contributed by atoms with Crippen LogP contribution < -0.4 is 0 Å². The molecule has 0 unspecified atom stereocenters. The van der Waals surface area contributed by atoms with Crippen LogP contribution in [0.3, 0.4) is 0 Å². The van der Waals surface area contributed by atoms with Crippen LogP contribution in [-0.4, -0.2) is 33.7 Å². The monoisotopic (exact) mass is 291 g/mol. The third-order valence-corrected chi connectivity index (χ3v) is 7.42. The molecule has 102 valence electrons. The summed E-state index contributed by atoms with van der Waals surface area (Å²) in [7, 11) is -6.48. The van der Waals surface area contributed by atoms with Crippen molar-refractivity contribution in [1.82, 2.24) is 9.55 Å². The molecule has 0 atom stereocenters. The Hall–Kier alpha value is -0.890. The second-order valence-corrected chi connectivity index (χ2v) is 8.68. The van der Waals surface area contributed by atoms with Crippen molar-refractivity contribution in [3.8, 4) is 0 Å². The Bertz CT molecular complexity index is 655. The van der Waals surface area contributed by atoms with Gasteiger partial charge in [-0.15, -0.1) is 3.77 Å². The highest BCUT2D eigenvalue weighted by molar-refractivity contribution is 8.03. The third-order valence-electron chi connectivity index (χ3n) is 2.97. The Kier molecular flexibility index (Phi) is 3.50. The van der Waals surface area contributed by atoms with E-state index >= 15 is 0 Å². The van der Waals surface area contributed by atoms with Gasteiger partial charge in [0.1, 0.15) is 5.82 Å². The number of hydrogen-bond donors (Lipinski definition) is 0. The summed E-state index contributed by atoms with van der Waals surface area (Å²) in [6.07, 6.45) is 3.01. The quantitative estimate of drug-likeness (QED) is 0.837. The predicted molar refractivity (Wildman–Crippen MR) is 69.4 cm³/mol. The summed E-state index contributed by atoms with van der Waals surface area (Å²) in [5.41, 5.74) is 0. The maximum absolute atomic E-state index is 12.2. The summed E-state index contributed by atoms with van der Waals surface area (Å²) < 4.78 is 41.6. The van der Waals surface area contributed by atoms with Gasteiger partial charge in [0.05, 0.1) is 9.73 Å². The molecule has 0 amide bonds. The number of sulfonamides is 1. The van der Waals surface area contributed by atoms with Crippen molar-refractivity contribution >= 4 is 19.8 Å². The summed E-state index contributed by atoms with van der Waals surface area (Å²) in [5, 5.41) is -0.100. The van der Waals surface area contributed by atoms with Crippen molar-refractivity contribution in [3.63, 3.8) is 0 Å². The first-order valence-electron chi connectivity index (χ1n) is 5.89.